The zero-order valence-corrected chi connectivity index (χ0v) is 15.7. The Labute approximate surface area is 164 Å². The van der Waals surface area contributed by atoms with Crippen molar-refractivity contribution in [3.8, 4) is 11.1 Å². The molecule has 0 radical (unpaired) electrons. The second-order valence-corrected chi connectivity index (χ2v) is 6.78. The molecule has 0 spiro atoms. The molecule has 2 amide bonds. The van der Waals surface area contributed by atoms with Crippen molar-refractivity contribution in [3.05, 3.63) is 54.6 Å². The highest BCUT2D eigenvalue weighted by Gasteiger charge is 2.20. The number of hydrogen-bond donors (Lipinski definition) is 1. The highest BCUT2D eigenvalue weighted by Crippen LogP contribution is 2.21. The SMILES string of the molecule is O=C(COC(=O)CN1CCCCCC1=O)Nc1ccc(-c2ccccc2)cc1. The van der Waals surface area contributed by atoms with Gasteiger partial charge < -0.3 is 15.0 Å². The normalized spacial score (nSPS) is 14.3. The van der Waals surface area contributed by atoms with E-state index in [4.69, 9.17) is 4.74 Å². The van der Waals surface area contributed by atoms with Crippen LogP contribution in [0.5, 0.6) is 0 Å². The lowest BCUT2D eigenvalue weighted by molar-refractivity contribution is -0.151. The van der Waals surface area contributed by atoms with E-state index in [1.807, 2.05) is 42.5 Å². The standard InChI is InChI=1S/C22H24N2O4/c25-20(16-28-22(27)15-24-14-6-2-5-9-21(24)26)23-19-12-10-18(11-13-19)17-7-3-1-4-8-17/h1,3-4,7-8,10-13H,2,5-6,9,14-16H2,(H,23,25). The van der Waals surface area contributed by atoms with Gasteiger partial charge in [0.25, 0.3) is 5.91 Å². The molecule has 0 aliphatic carbocycles. The van der Waals surface area contributed by atoms with Crippen molar-refractivity contribution < 1.29 is 19.1 Å². The second kappa shape index (κ2) is 9.69. The zero-order chi connectivity index (χ0) is 19.8. The first-order chi connectivity index (χ1) is 13.6. The van der Waals surface area contributed by atoms with Crippen LogP contribution in [0.25, 0.3) is 11.1 Å². The Morgan fingerprint density at radius 1 is 0.929 bits per heavy atom. The highest BCUT2D eigenvalue weighted by molar-refractivity contribution is 5.93. The minimum Gasteiger partial charge on any atom is -0.454 e. The van der Waals surface area contributed by atoms with Crippen molar-refractivity contribution in [1.82, 2.24) is 4.90 Å². The molecule has 0 bridgehead atoms. The van der Waals surface area contributed by atoms with Gasteiger partial charge in [0.05, 0.1) is 0 Å². The van der Waals surface area contributed by atoms with Crippen LogP contribution in [0.3, 0.4) is 0 Å². The number of ether oxygens (including phenoxy) is 1. The third kappa shape index (κ3) is 5.67. The molecule has 2 aromatic rings. The number of hydrogen-bond acceptors (Lipinski definition) is 4. The molecule has 6 heteroatoms. The van der Waals surface area contributed by atoms with Gasteiger partial charge in [-0.25, -0.2) is 0 Å². The Morgan fingerprint density at radius 3 is 2.39 bits per heavy atom. The van der Waals surface area contributed by atoms with Gasteiger partial charge in [0.1, 0.15) is 6.54 Å². The number of carbonyl (C=O) groups is 3. The minimum atomic E-state index is -0.565. The van der Waals surface area contributed by atoms with Gasteiger partial charge in [-0.3, -0.25) is 14.4 Å². The Bertz CT molecular complexity index is 818. The second-order valence-electron chi connectivity index (χ2n) is 6.78. The predicted molar refractivity (Wildman–Crippen MR) is 107 cm³/mol. The van der Waals surface area contributed by atoms with Gasteiger partial charge >= 0.3 is 5.97 Å². The molecule has 1 aliphatic rings. The van der Waals surface area contributed by atoms with Gasteiger partial charge in [-0.2, -0.15) is 0 Å². The summed E-state index contributed by atoms with van der Waals surface area (Å²) in [5.41, 5.74) is 2.77. The van der Waals surface area contributed by atoms with E-state index in [9.17, 15) is 14.4 Å². The zero-order valence-electron chi connectivity index (χ0n) is 15.7. The van der Waals surface area contributed by atoms with E-state index in [1.165, 1.54) is 4.90 Å². The topological polar surface area (TPSA) is 75.7 Å². The summed E-state index contributed by atoms with van der Waals surface area (Å²) in [5.74, 6) is -1.01. The molecule has 1 N–H and O–H groups in total. The number of rotatable bonds is 6. The van der Waals surface area contributed by atoms with Crippen molar-refractivity contribution >= 4 is 23.5 Å². The third-order valence-corrected chi connectivity index (χ3v) is 4.63. The monoisotopic (exact) mass is 380 g/mol. The van der Waals surface area contributed by atoms with Crippen LogP contribution in [0.2, 0.25) is 0 Å². The summed E-state index contributed by atoms with van der Waals surface area (Å²) in [6, 6.07) is 17.4. The number of esters is 1. The van der Waals surface area contributed by atoms with Crippen molar-refractivity contribution in [2.45, 2.75) is 25.7 Å². The lowest BCUT2D eigenvalue weighted by atomic mass is 10.1. The summed E-state index contributed by atoms with van der Waals surface area (Å²) in [4.78, 5) is 37.4. The van der Waals surface area contributed by atoms with Crippen LogP contribution in [0.1, 0.15) is 25.7 Å². The van der Waals surface area contributed by atoms with E-state index >= 15 is 0 Å². The van der Waals surface area contributed by atoms with Gasteiger partial charge in [-0.05, 0) is 36.1 Å². The van der Waals surface area contributed by atoms with Gasteiger partial charge in [0, 0.05) is 18.7 Å². The van der Waals surface area contributed by atoms with Gasteiger partial charge in [0.2, 0.25) is 5.91 Å². The molecule has 0 atom stereocenters. The molecule has 0 saturated carbocycles. The third-order valence-electron chi connectivity index (χ3n) is 4.63. The molecule has 146 valence electrons. The molecule has 2 aromatic carbocycles. The maximum absolute atomic E-state index is 12.0. The first kappa shape index (κ1) is 19.6. The van der Waals surface area contributed by atoms with E-state index in [1.54, 1.807) is 12.1 Å². The summed E-state index contributed by atoms with van der Waals surface area (Å²) in [6.45, 7) is 0.0904. The summed E-state index contributed by atoms with van der Waals surface area (Å²) >= 11 is 0. The number of anilines is 1. The average molecular weight is 380 g/mol. The molecular formula is C22H24N2O4. The average Bonchev–Trinajstić information content (AvgIpc) is 2.92. The Morgan fingerprint density at radius 2 is 1.64 bits per heavy atom. The fraction of sp³-hybridized carbons (Fsp3) is 0.318. The minimum absolute atomic E-state index is 0.0302. The summed E-state index contributed by atoms with van der Waals surface area (Å²) in [5, 5.41) is 2.70. The largest absolute Gasteiger partial charge is 0.454 e. The molecule has 28 heavy (non-hydrogen) atoms. The van der Waals surface area contributed by atoms with Gasteiger partial charge in [0.15, 0.2) is 6.61 Å². The molecule has 0 aromatic heterocycles. The van der Waals surface area contributed by atoms with Crippen molar-refractivity contribution in [1.29, 1.82) is 0 Å². The van der Waals surface area contributed by atoms with Crippen LogP contribution >= 0.6 is 0 Å². The molecule has 1 saturated heterocycles. The number of benzene rings is 2. The van der Waals surface area contributed by atoms with Gasteiger partial charge in [-0.15, -0.1) is 0 Å². The number of amides is 2. The summed E-state index contributed by atoms with van der Waals surface area (Å²) in [6.07, 6.45) is 3.20. The quantitative estimate of drug-likeness (QED) is 0.781. The Balaban J connectivity index is 1.45. The maximum Gasteiger partial charge on any atom is 0.326 e. The molecule has 1 fully saturated rings. The van der Waals surface area contributed by atoms with Crippen molar-refractivity contribution in [2.75, 3.05) is 25.0 Å². The van der Waals surface area contributed by atoms with E-state index < -0.39 is 11.9 Å². The van der Waals surface area contributed by atoms with E-state index in [0.29, 0.717) is 18.7 Å². The van der Waals surface area contributed by atoms with Crippen LogP contribution in [0, 0.1) is 0 Å². The molecule has 3 rings (SSSR count). The predicted octanol–water partition coefficient (Wildman–Crippen LogP) is 3.24. The number of carbonyl (C=O) groups excluding carboxylic acids is 3. The van der Waals surface area contributed by atoms with Crippen LogP contribution in [0.4, 0.5) is 5.69 Å². The molecule has 6 nitrogen and oxygen atoms in total. The fourth-order valence-corrected chi connectivity index (χ4v) is 3.13. The van der Waals surface area contributed by atoms with Crippen LogP contribution in [-0.4, -0.2) is 42.4 Å². The molecule has 1 aliphatic heterocycles. The first-order valence-corrected chi connectivity index (χ1v) is 9.50. The number of likely N-dealkylation sites (tertiary alicyclic amines) is 1. The van der Waals surface area contributed by atoms with E-state index in [2.05, 4.69) is 5.32 Å². The summed E-state index contributed by atoms with van der Waals surface area (Å²) < 4.78 is 5.02. The molecule has 1 heterocycles. The van der Waals surface area contributed by atoms with Gasteiger partial charge in [-0.1, -0.05) is 48.9 Å². The van der Waals surface area contributed by atoms with Crippen LogP contribution in [0.15, 0.2) is 54.6 Å². The van der Waals surface area contributed by atoms with E-state index in [0.717, 1.165) is 30.4 Å². The molecular weight excluding hydrogens is 356 g/mol. The fourth-order valence-electron chi connectivity index (χ4n) is 3.13. The number of nitrogens with one attached hydrogen (secondary N) is 1. The van der Waals surface area contributed by atoms with Crippen molar-refractivity contribution in [3.63, 3.8) is 0 Å². The lowest BCUT2D eigenvalue weighted by Crippen LogP contribution is -2.36. The van der Waals surface area contributed by atoms with Crippen molar-refractivity contribution in [2.24, 2.45) is 0 Å². The smallest absolute Gasteiger partial charge is 0.326 e. The molecule has 0 unspecified atom stereocenters. The maximum atomic E-state index is 12.0. The number of nitrogens with zero attached hydrogens (tertiary/aromatic N) is 1. The summed E-state index contributed by atoms with van der Waals surface area (Å²) in [7, 11) is 0. The lowest BCUT2D eigenvalue weighted by Gasteiger charge is -2.19. The van der Waals surface area contributed by atoms with Crippen LogP contribution in [-0.2, 0) is 19.1 Å². The van der Waals surface area contributed by atoms with E-state index in [-0.39, 0.29) is 19.1 Å². The van der Waals surface area contributed by atoms with Crippen LogP contribution < -0.4 is 5.32 Å². The Kier molecular flexibility index (Phi) is 6.78. The highest BCUT2D eigenvalue weighted by atomic mass is 16.5. The Hall–Kier alpha value is -3.15. The first-order valence-electron chi connectivity index (χ1n) is 9.50.